The highest BCUT2D eigenvalue weighted by atomic mass is 19.1. The lowest BCUT2D eigenvalue weighted by atomic mass is 10.1. The van der Waals surface area contributed by atoms with Crippen LogP contribution in [0.5, 0.6) is 0 Å². The van der Waals surface area contributed by atoms with Crippen LogP contribution in [0.25, 0.3) is 0 Å². The lowest BCUT2D eigenvalue weighted by Gasteiger charge is -2.38. The predicted octanol–water partition coefficient (Wildman–Crippen LogP) is 1.55. The van der Waals surface area contributed by atoms with Gasteiger partial charge in [0.25, 0.3) is 0 Å². The summed E-state index contributed by atoms with van der Waals surface area (Å²) >= 11 is 0. The number of morpholine rings is 1. The first-order chi connectivity index (χ1) is 8.61. The molecule has 2 rings (SSSR count). The van der Waals surface area contributed by atoms with Gasteiger partial charge in [-0.05, 0) is 27.0 Å². The summed E-state index contributed by atoms with van der Waals surface area (Å²) in [6.07, 6.45) is 1.46. The van der Waals surface area contributed by atoms with Gasteiger partial charge >= 0.3 is 0 Å². The predicted molar refractivity (Wildman–Crippen MR) is 69.2 cm³/mol. The van der Waals surface area contributed by atoms with Crippen LogP contribution in [0.2, 0.25) is 0 Å². The van der Waals surface area contributed by atoms with E-state index in [-0.39, 0.29) is 18.0 Å². The standard InChI is InChI=1S/C13H20FN3O/c1-9-8-18-10(2)7-17(9)13-11(5-15-3)4-12(14)6-16-13/h4,6,9-10,15H,5,7-8H2,1-3H3. The highest BCUT2D eigenvalue weighted by Crippen LogP contribution is 2.24. The van der Waals surface area contributed by atoms with Crippen molar-refractivity contribution in [2.45, 2.75) is 32.5 Å². The van der Waals surface area contributed by atoms with Crippen LogP contribution in [0.1, 0.15) is 19.4 Å². The first kappa shape index (κ1) is 13.2. The fourth-order valence-electron chi connectivity index (χ4n) is 2.25. The number of anilines is 1. The molecule has 0 amide bonds. The fourth-order valence-corrected chi connectivity index (χ4v) is 2.25. The molecule has 2 unspecified atom stereocenters. The SMILES string of the molecule is CNCc1cc(F)cnc1N1CC(C)OCC1C. The largest absolute Gasteiger partial charge is 0.375 e. The van der Waals surface area contributed by atoms with Crippen molar-refractivity contribution in [3.05, 3.63) is 23.6 Å². The van der Waals surface area contributed by atoms with E-state index in [1.165, 1.54) is 6.20 Å². The Labute approximate surface area is 107 Å². The topological polar surface area (TPSA) is 37.4 Å². The molecule has 1 aromatic heterocycles. The van der Waals surface area contributed by atoms with Gasteiger partial charge < -0.3 is 15.0 Å². The van der Waals surface area contributed by atoms with E-state index in [0.717, 1.165) is 17.9 Å². The van der Waals surface area contributed by atoms with Crippen molar-refractivity contribution in [3.63, 3.8) is 0 Å². The second kappa shape index (κ2) is 5.63. The van der Waals surface area contributed by atoms with Gasteiger partial charge in [-0.2, -0.15) is 0 Å². The highest BCUT2D eigenvalue weighted by molar-refractivity contribution is 5.48. The van der Waals surface area contributed by atoms with Gasteiger partial charge in [-0.15, -0.1) is 0 Å². The number of aromatic nitrogens is 1. The van der Waals surface area contributed by atoms with Crippen molar-refractivity contribution in [1.29, 1.82) is 0 Å². The average molecular weight is 253 g/mol. The Bertz CT molecular complexity index is 413. The third-order valence-corrected chi connectivity index (χ3v) is 3.16. The van der Waals surface area contributed by atoms with Gasteiger partial charge in [0, 0.05) is 18.7 Å². The Hall–Kier alpha value is -1.20. The molecule has 1 aromatic rings. The number of nitrogens with one attached hydrogen (secondary N) is 1. The summed E-state index contributed by atoms with van der Waals surface area (Å²) in [4.78, 5) is 6.46. The zero-order valence-electron chi connectivity index (χ0n) is 11.1. The number of hydrogen-bond acceptors (Lipinski definition) is 4. The van der Waals surface area contributed by atoms with Crippen LogP contribution >= 0.6 is 0 Å². The van der Waals surface area contributed by atoms with Gasteiger partial charge in [-0.1, -0.05) is 0 Å². The second-order valence-corrected chi connectivity index (χ2v) is 4.81. The van der Waals surface area contributed by atoms with Gasteiger partial charge in [0.2, 0.25) is 0 Å². The summed E-state index contributed by atoms with van der Waals surface area (Å²) in [5.74, 6) is 0.561. The van der Waals surface area contributed by atoms with E-state index in [9.17, 15) is 4.39 Å². The third-order valence-electron chi connectivity index (χ3n) is 3.16. The number of nitrogens with zero attached hydrogens (tertiary/aromatic N) is 2. The average Bonchev–Trinajstić information content (AvgIpc) is 2.33. The molecule has 4 nitrogen and oxygen atoms in total. The maximum absolute atomic E-state index is 13.3. The van der Waals surface area contributed by atoms with E-state index in [4.69, 9.17) is 4.74 Å². The molecule has 18 heavy (non-hydrogen) atoms. The van der Waals surface area contributed by atoms with E-state index < -0.39 is 0 Å². The quantitative estimate of drug-likeness (QED) is 0.887. The van der Waals surface area contributed by atoms with Crippen LogP contribution in [0.3, 0.4) is 0 Å². The molecule has 1 fully saturated rings. The molecule has 0 saturated carbocycles. The Morgan fingerprint density at radius 3 is 3.06 bits per heavy atom. The molecule has 1 aliphatic heterocycles. The van der Waals surface area contributed by atoms with E-state index in [1.54, 1.807) is 6.07 Å². The summed E-state index contributed by atoms with van der Waals surface area (Å²) in [5, 5.41) is 3.05. The maximum atomic E-state index is 13.3. The maximum Gasteiger partial charge on any atom is 0.141 e. The Morgan fingerprint density at radius 2 is 2.33 bits per heavy atom. The van der Waals surface area contributed by atoms with Crippen molar-refractivity contribution in [3.8, 4) is 0 Å². The molecule has 100 valence electrons. The fraction of sp³-hybridized carbons (Fsp3) is 0.615. The van der Waals surface area contributed by atoms with Crippen LogP contribution in [0.4, 0.5) is 10.2 Å². The van der Waals surface area contributed by atoms with Crippen molar-refractivity contribution in [2.75, 3.05) is 25.1 Å². The first-order valence-corrected chi connectivity index (χ1v) is 6.29. The van der Waals surface area contributed by atoms with Crippen LogP contribution in [0.15, 0.2) is 12.3 Å². The zero-order valence-corrected chi connectivity index (χ0v) is 11.1. The van der Waals surface area contributed by atoms with E-state index >= 15 is 0 Å². The minimum absolute atomic E-state index is 0.176. The van der Waals surface area contributed by atoms with Crippen LogP contribution in [0, 0.1) is 5.82 Å². The Kier molecular flexibility index (Phi) is 4.14. The molecule has 0 radical (unpaired) electrons. The lowest BCUT2D eigenvalue weighted by Crippen LogP contribution is -2.48. The molecule has 0 aromatic carbocycles. The smallest absolute Gasteiger partial charge is 0.141 e. The van der Waals surface area contributed by atoms with Gasteiger partial charge in [0.05, 0.1) is 24.9 Å². The number of pyridine rings is 1. The van der Waals surface area contributed by atoms with Crippen molar-refractivity contribution >= 4 is 5.82 Å². The molecule has 1 saturated heterocycles. The highest BCUT2D eigenvalue weighted by Gasteiger charge is 2.26. The number of hydrogen-bond donors (Lipinski definition) is 1. The van der Waals surface area contributed by atoms with Crippen molar-refractivity contribution < 1.29 is 9.13 Å². The first-order valence-electron chi connectivity index (χ1n) is 6.29. The van der Waals surface area contributed by atoms with Gasteiger partial charge in [-0.25, -0.2) is 9.37 Å². The number of rotatable bonds is 3. The summed E-state index contributed by atoms with van der Waals surface area (Å²) in [5.41, 5.74) is 0.887. The molecule has 5 heteroatoms. The molecule has 0 spiro atoms. The van der Waals surface area contributed by atoms with Crippen LogP contribution in [-0.4, -0.2) is 37.3 Å². The molecular weight excluding hydrogens is 233 g/mol. The summed E-state index contributed by atoms with van der Waals surface area (Å²) in [6.45, 7) is 6.22. The van der Waals surface area contributed by atoms with Crippen molar-refractivity contribution in [1.82, 2.24) is 10.3 Å². The van der Waals surface area contributed by atoms with E-state index in [0.29, 0.717) is 13.2 Å². The van der Waals surface area contributed by atoms with Gasteiger partial charge in [0.1, 0.15) is 11.6 Å². The monoisotopic (exact) mass is 253 g/mol. The molecule has 0 bridgehead atoms. The minimum atomic E-state index is -0.294. The molecular formula is C13H20FN3O. The second-order valence-electron chi connectivity index (χ2n) is 4.81. The molecule has 2 atom stereocenters. The molecule has 1 N–H and O–H groups in total. The number of halogens is 1. The lowest BCUT2D eigenvalue weighted by molar-refractivity contribution is 0.0339. The summed E-state index contributed by atoms with van der Waals surface area (Å²) in [7, 11) is 1.85. The zero-order chi connectivity index (χ0) is 13.1. The van der Waals surface area contributed by atoms with Crippen LogP contribution < -0.4 is 10.2 Å². The molecule has 2 heterocycles. The van der Waals surface area contributed by atoms with Crippen molar-refractivity contribution in [2.24, 2.45) is 0 Å². The number of ether oxygens (including phenoxy) is 1. The van der Waals surface area contributed by atoms with Crippen LogP contribution in [-0.2, 0) is 11.3 Å². The molecule has 0 aliphatic carbocycles. The summed E-state index contributed by atoms with van der Waals surface area (Å²) < 4.78 is 18.9. The van der Waals surface area contributed by atoms with E-state index in [1.807, 2.05) is 14.0 Å². The third kappa shape index (κ3) is 2.79. The van der Waals surface area contributed by atoms with Gasteiger partial charge in [-0.3, -0.25) is 0 Å². The normalized spacial score (nSPS) is 24.3. The Morgan fingerprint density at radius 1 is 1.56 bits per heavy atom. The molecule has 1 aliphatic rings. The summed E-state index contributed by atoms with van der Waals surface area (Å²) in [6, 6.07) is 1.81. The van der Waals surface area contributed by atoms with Gasteiger partial charge in [0.15, 0.2) is 0 Å². The minimum Gasteiger partial charge on any atom is -0.375 e. The van der Waals surface area contributed by atoms with E-state index in [2.05, 4.69) is 22.1 Å². The Balaban J connectivity index is 2.30.